The van der Waals surface area contributed by atoms with Crippen molar-refractivity contribution in [1.29, 1.82) is 0 Å². The third kappa shape index (κ3) is 3.13. The molecule has 0 aliphatic heterocycles. The van der Waals surface area contributed by atoms with Crippen molar-refractivity contribution in [3.05, 3.63) is 63.9 Å². The minimum atomic E-state index is -0.142. The molecule has 4 rings (SSSR count). The highest BCUT2D eigenvalue weighted by atomic mass is 79.9. The molecule has 6 nitrogen and oxygen atoms in total. The minimum absolute atomic E-state index is 0.142. The van der Waals surface area contributed by atoms with Gasteiger partial charge in [0.1, 0.15) is 5.01 Å². The number of carbonyl (C=O) groups is 1. The Labute approximate surface area is 162 Å². The van der Waals surface area contributed by atoms with E-state index in [1.807, 2.05) is 44.2 Å². The van der Waals surface area contributed by atoms with Gasteiger partial charge >= 0.3 is 0 Å². The summed E-state index contributed by atoms with van der Waals surface area (Å²) in [4.78, 5) is 13.2. The van der Waals surface area contributed by atoms with Crippen molar-refractivity contribution >= 4 is 43.8 Å². The maximum Gasteiger partial charge on any atom is 0.255 e. The number of hydrogen-bond donors (Lipinski definition) is 1. The SMILES string of the molecule is Cc1cc(-c2nn3c(C)nnc3s2)ccc1NC(=O)c1cccc(Br)c1. The van der Waals surface area contributed by atoms with Gasteiger partial charge in [0.25, 0.3) is 5.91 Å². The summed E-state index contributed by atoms with van der Waals surface area (Å²) in [5.74, 6) is 0.619. The van der Waals surface area contributed by atoms with E-state index in [2.05, 4.69) is 36.5 Å². The highest BCUT2D eigenvalue weighted by molar-refractivity contribution is 9.10. The van der Waals surface area contributed by atoms with Crippen LogP contribution in [0.3, 0.4) is 0 Å². The molecule has 2 heterocycles. The van der Waals surface area contributed by atoms with Crippen molar-refractivity contribution in [3.8, 4) is 10.6 Å². The van der Waals surface area contributed by atoms with Gasteiger partial charge in [0.15, 0.2) is 5.82 Å². The number of amides is 1. The predicted molar refractivity (Wildman–Crippen MR) is 106 cm³/mol. The smallest absolute Gasteiger partial charge is 0.255 e. The fourth-order valence-corrected chi connectivity index (χ4v) is 3.87. The number of carbonyl (C=O) groups excluding carboxylic acids is 1. The lowest BCUT2D eigenvalue weighted by atomic mass is 10.1. The molecule has 2 aromatic heterocycles. The number of fused-ring (bicyclic) bond motifs is 1. The summed E-state index contributed by atoms with van der Waals surface area (Å²) in [6.45, 7) is 3.83. The van der Waals surface area contributed by atoms with E-state index in [9.17, 15) is 4.79 Å². The summed E-state index contributed by atoms with van der Waals surface area (Å²) in [5.41, 5.74) is 3.33. The summed E-state index contributed by atoms with van der Waals surface area (Å²) < 4.78 is 2.61. The molecule has 2 aromatic carbocycles. The van der Waals surface area contributed by atoms with Crippen molar-refractivity contribution in [1.82, 2.24) is 19.8 Å². The molecule has 0 radical (unpaired) electrons. The Balaban J connectivity index is 1.60. The molecule has 0 unspecified atom stereocenters. The lowest BCUT2D eigenvalue weighted by Crippen LogP contribution is -2.12. The van der Waals surface area contributed by atoms with Crippen molar-refractivity contribution in [2.75, 3.05) is 5.32 Å². The van der Waals surface area contributed by atoms with Crippen LogP contribution in [0.15, 0.2) is 46.9 Å². The number of rotatable bonds is 3. The van der Waals surface area contributed by atoms with Crippen LogP contribution in [0.2, 0.25) is 0 Å². The number of nitrogens with zero attached hydrogens (tertiary/aromatic N) is 4. The molecular formula is C18H14BrN5OS. The van der Waals surface area contributed by atoms with E-state index >= 15 is 0 Å². The molecule has 0 spiro atoms. The van der Waals surface area contributed by atoms with Gasteiger partial charge in [-0.25, -0.2) is 0 Å². The Bertz CT molecular complexity index is 1130. The maximum atomic E-state index is 12.4. The quantitative estimate of drug-likeness (QED) is 0.522. The summed E-state index contributed by atoms with van der Waals surface area (Å²) in [5, 5.41) is 16.5. The van der Waals surface area contributed by atoms with Crippen LogP contribution >= 0.6 is 27.3 Å². The van der Waals surface area contributed by atoms with Crippen LogP contribution < -0.4 is 5.32 Å². The van der Waals surface area contributed by atoms with Gasteiger partial charge in [-0.15, -0.1) is 10.2 Å². The molecule has 0 saturated heterocycles. The van der Waals surface area contributed by atoms with Gasteiger partial charge in [0, 0.05) is 21.3 Å². The van der Waals surface area contributed by atoms with Crippen LogP contribution in [0.5, 0.6) is 0 Å². The Hall–Kier alpha value is -2.58. The second kappa shape index (κ2) is 6.62. The Morgan fingerprint density at radius 1 is 1.15 bits per heavy atom. The Morgan fingerprint density at radius 3 is 2.73 bits per heavy atom. The van der Waals surface area contributed by atoms with Crippen molar-refractivity contribution in [2.45, 2.75) is 13.8 Å². The second-order valence-corrected chi connectivity index (χ2v) is 7.71. The lowest BCUT2D eigenvalue weighted by Gasteiger charge is -2.10. The lowest BCUT2D eigenvalue weighted by molar-refractivity contribution is 0.102. The molecule has 0 atom stereocenters. The zero-order chi connectivity index (χ0) is 18.3. The Kier molecular flexibility index (Phi) is 4.29. The largest absolute Gasteiger partial charge is 0.322 e. The van der Waals surface area contributed by atoms with Crippen LogP contribution in [0, 0.1) is 13.8 Å². The molecule has 26 heavy (non-hydrogen) atoms. The van der Waals surface area contributed by atoms with E-state index in [4.69, 9.17) is 0 Å². The van der Waals surface area contributed by atoms with Crippen LogP contribution in [0.4, 0.5) is 5.69 Å². The monoisotopic (exact) mass is 427 g/mol. The summed E-state index contributed by atoms with van der Waals surface area (Å²) in [7, 11) is 0. The highest BCUT2D eigenvalue weighted by Crippen LogP contribution is 2.29. The minimum Gasteiger partial charge on any atom is -0.322 e. The van der Waals surface area contributed by atoms with Gasteiger partial charge in [-0.05, 0) is 55.8 Å². The van der Waals surface area contributed by atoms with Gasteiger partial charge < -0.3 is 5.32 Å². The summed E-state index contributed by atoms with van der Waals surface area (Å²) >= 11 is 4.87. The summed E-state index contributed by atoms with van der Waals surface area (Å²) in [6, 6.07) is 13.2. The average molecular weight is 428 g/mol. The van der Waals surface area contributed by atoms with Crippen LogP contribution in [0.25, 0.3) is 15.5 Å². The van der Waals surface area contributed by atoms with Gasteiger partial charge in [-0.2, -0.15) is 9.61 Å². The number of halogens is 1. The zero-order valence-electron chi connectivity index (χ0n) is 14.0. The standard InChI is InChI=1S/C18H14BrN5OS/c1-10-8-13(17-23-24-11(2)21-22-18(24)26-17)6-7-15(10)20-16(25)12-4-3-5-14(19)9-12/h3-9H,1-2H3,(H,20,25). The first-order valence-electron chi connectivity index (χ1n) is 7.88. The van der Waals surface area contributed by atoms with Gasteiger partial charge in [0.2, 0.25) is 4.96 Å². The van der Waals surface area contributed by atoms with Crippen molar-refractivity contribution in [2.24, 2.45) is 0 Å². The molecule has 1 N–H and O–H groups in total. The Morgan fingerprint density at radius 2 is 2.00 bits per heavy atom. The van der Waals surface area contributed by atoms with Crippen molar-refractivity contribution < 1.29 is 4.79 Å². The predicted octanol–water partition coefficient (Wildman–Crippen LogP) is 4.48. The zero-order valence-corrected chi connectivity index (χ0v) is 16.4. The first kappa shape index (κ1) is 16.9. The second-order valence-electron chi connectivity index (χ2n) is 5.84. The third-order valence-electron chi connectivity index (χ3n) is 3.96. The number of benzene rings is 2. The maximum absolute atomic E-state index is 12.4. The first-order chi connectivity index (χ1) is 12.5. The van der Waals surface area contributed by atoms with E-state index in [1.54, 1.807) is 16.6 Å². The third-order valence-corrected chi connectivity index (χ3v) is 5.40. The first-order valence-corrected chi connectivity index (χ1v) is 9.49. The molecule has 4 aromatic rings. The van der Waals surface area contributed by atoms with E-state index in [0.29, 0.717) is 5.56 Å². The van der Waals surface area contributed by atoms with E-state index in [1.165, 1.54) is 11.3 Å². The molecule has 0 aliphatic carbocycles. The van der Waals surface area contributed by atoms with Gasteiger partial charge in [-0.3, -0.25) is 4.79 Å². The number of aryl methyl sites for hydroxylation is 2. The topological polar surface area (TPSA) is 72.2 Å². The molecule has 130 valence electrons. The molecule has 0 aliphatic rings. The van der Waals surface area contributed by atoms with E-state index in [0.717, 1.165) is 37.1 Å². The van der Waals surface area contributed by atoms with Crippen LogP contribution in [-0.2, 0) is 0 Å². The van der Waals surface area contributed by atoms with Crippen molar-refractivity contribution in [3.63, 3.8) is 0 Å². The van der Waals surface area contributed by atoms with Gasteiger partial charge in [0.05, 0.1) is 0 Å². The molecular weight excluding hydrogens is 414 g/mol. The fraction of sp³-hybridized carbons (Fsp3) is 0.111. The number of hydrogen-bond acceptors (Lipinski definition) is 5. The molecule has 0 bridgehead atoms. The molecule has 0 fully saturated rings. The van der Waals surface area contributed by atoms with E-state index < -0.39 is 0 Å². The number of aromatic nitrogens is 4. The van der Waals surface area contributed by atoms with Crippen LogP contribution in [-0.4, -0.2) is 25.7 Å². The molecule has 1 amide bonds. The summed E-state index contributed by atoms with van der Waals surface area (Å²) in [6.07, 6.45) is 0. The number of anilines is 1. The molecule has 0 saturated carbocycles. The highest BCUT2D eigenvalue weighted by Gasteiger charge is 2.13. The van der Waals surface area contributed by atoms with E-state index in [-0.39, 0.29) is 5.91 Å². The number of nitrogens with one attached hydrogen (secondary N) is 1. The molecule has 8 heteroatoms. The fourth-order valence-electron chi connectivity index (χ4n) is 2.59. The normalized spacial score (nSPS) is 11.0. The van der Waals surface area contributed by atoms with Gasteiger partial charge in [-0.1, -0.05) is 33.3 Å². The average Bonchev–Trinajstić information content (AvgIpc) is 3.19. The van der Waals surface area contributed by atoms with Crippen LogP contribution in [0.1, 0.15) is 21.7 Å².